The zero-order valence-corrected chi connectivity index (χ0v) is 13.5. The lowest BCUT2D eigenvalue weighted by atomic mass is 9.82. The van der Waals surface area contributed by atoms with Gasteiger partial charge < -0.3 is 10.6 Å². The highest BCUT2D eigenvalue weighted by Crippen LogP contribution is 2.26. The summed E-state index contributed by atoms with van der Waals surface area (Å²) >= 11 is 1.99. The monoisotopic (exact) mass is 291 g/mol. The van der Waals surface area contributed by atoms with Crippen LogP contribution in [0, 0.1) is 6.92 Å². The van der Waals surface area contributed by atoms with E-state index in [1.54, 1.807) is 0 Å². The standard InChI is InChI=1S/C16H25N3S/c1-13-6-4-5-7-14(13)16(2,3)12-18-15(17)19-8-10-20-11-9-19/h4-7H,8-12H2,1-3H3,(H2,17,18). The van der Waals surface area contributed by atoms with Crippen LogP contribution in [0.3, 0.4) is 0 Å². The molecular formula is C16H25N3S. The van der Waals surface area contributed by atoms with Crippen molar-refractivity contribution < 1.29 is 0 Å². The molecule has 1 aromatic rings. The Labute approximate surface area is 126 Å². The van der Waals surface area contributed by atoms with Gasteiger partial charge in [-0.15, -0.1) is 0 Å². The van der Waals surface area contributed by atoms with Crippen molar-refractivity contribution in [2.24, 2.45) is 10.7 Å². The molecule has 0 spiro atoms. The first-order valence-corrected chi connectivity index (χ1v) is 8.35. The van der Waals surface area contributed by atoms with Gasteiger partial charge in [-0.1, -0.05) is 38.1 Å². The summed E-state index contributed by atoms with van der Waals surface area (Å²) in [6.07, 6.45) is 0. The Hall–Kier alpha value is -1.16. The van der Waals surface area contributed by atoms with Crippen LogP contribution in [0.5, 0.6) is 0 Å². The number of nitrogens with two attached hydrogens (primary N) is 1. The molecule has 1 aliphatic rings. The molecule has 0 aliphatic carbocycles. The van der Waals surface area contributed by atoms with Gasteiger partial charge in [0, 0.05) is 30.0 Å². The van der Waals surface area contributed by atoms with Crippen LogP contribution in [0.2, 0.25) is 0 Å². The van der Waals surface area contributed by atoms with Crippen LogP contribution in [0.4, 0.5) is 0 Å². The lowest BCUT2D eigenvalue weighted by Crippen LogP contribution is -2.43. The molecule has 0 unspecified atom stereocenters. The molecule has 0 radical (unpaired) electrons. The van der Waals surface area contributed by atoms with E-state index in [1.165, 1.54) is 11.1 Å². The highest BCUT2D eigenvalue weighted by Gasteiger charge is 2.22. The second-order valence-electron chi connectivity index (χ2n) is 5.97. The van der Waals surface area contributed by atoms with Crippen molar-refractivity contribution in [3.63, 3.8) is 0 Å². The van der Waals surface area contributed by atoms with E-state index in [0.717, 1.165) is 31.1 Å². The molecule has 1 fully saturated rings. The highest BCUT2D eigenvalue weighted by molar-refractivity contribution is 7.99. The number of benzene rings is 1. The normalized spacial score (nSPS) is 17.4. The molecule has 4 heteroatoms. The molecule has 1 aliphatic heterocycles. The second-order valence-corrected chi connectivity index (χ2v) is 7.20. The quantitative estimate of drug-likeness (QED) is 0.687. The van der Waals surface area contributed by atoms with Crippen molar-refractivity contribution in [3.8, 4) is 0 Å². The van der Waals surface area contributed by atoms with E-state index in [-0.39, 0.29) is 5.41 Å². The molecule has 1 heterocycles. The van der Waals surface area contributed by atoms with Gasteiger partial charge in [-0.25, -0.2) is 0 Å². The first kappa shape index (κ1) is 15.2. The maximum absolute atomic E-state index is 6.14. The van der Waals surface area contributed by atoms with Gasteiger partial charge in [0.15, 0.2) is 5.96 Å². The topological polar surface area (TPSA) is 41.6 Å². The Morgan fingerprint density at radius 1 is 1.30 bits per heavy atom. The van der Waals surface area contributed by atoms with Gasteiger partial charge in [-0.3, -0.25) is 4.99 Å². The average molecular weight is 291 g/mol. The Bertz CT molecular complexity index is 476. The Morgan fingerprint density at radius 2 is 1.95 bits per heavy atom. The molecule has 1 aromatic carbocycles. The highest BCUT2D eigenvalue weighted by atomic mass is 32.2. The number of rotatable bonds is 3. The first-order valence-electron chi connectivity index (χ1n) is 7.19. The van der Waals surface area contributed by atoms with Crippen molar-refractivity contribution in [1.82, 2.24) is 4.90 Å². The summed E-state index contributed by atoms with van der Waals surface area (Å²) in [4.78, 5) is 6.85. The zero-order chi connectivity index (χ0) is 14.6. The fourth-order valence-electron chi connectivity index (χ4n) is 2.59. The number of guanidine groups is 1. The van der Waals surface area contributed by atoms with Crippen molar-refractivity contribution in [2.75, 3.05) is 31.1 Å². The van der Waals surface area contributed by atoms with Crippen LogP contribution >= 0.6 is 11.8 Å². The van der Waals surface area contributed by atoms with E-state index in [2.05, 4.69) is 54.9 Å². The maximum atomic E-state index is 6.14. The van der Waals surface area contributed by atoms with E-state index in [0.29, 0.717) is 5.96 Å². The predicted molar refractivity (Wildman–Crippen MR) is 89.6 cm³/mol. The van der Waals surface area contributed by atoms with Gasteiger partial charge in [-0.2, -0.15) is 11.8 Å². The molecule has 0 saturated carbocycles. The van der Waals surface area contributed by atoms with Crippen LogP contribution in [-0.2, 0) is 5.41 Å². The second kappa shape index (κ2) is 6.53. The third kappa shape index (κ3) is 3.69. The SMILES string of the molecule is Cc1ccccc1C(C)(C)CN=C(N)N1CCSCC1. The molecule has 110 valence electrons. The number of thioether (sulfide) groups is 1. The van der Waals surface area contributed by atoms with Crippen LogP contribution < -0.4 is 5.73 Å². The lowest BCUT2D eigenvalue weighted by molar-refractivity contribution is 0.449. The fourth-order valence-corrected chi connectivity index (χ4v) is 3.49. The van der Waals surface area contributed by atoms with Crippen LogP contribution in [0.25, 0.3) is 0 Å². The minimum absolute atomic E-state index is 0.0144. The van der Waals surface area contributed by atoms with Crippen molar-refractivity contribution in [2.45, 2.75) is 26.2 Å². The van der Waals surface area contributed by atoms with Gasteiger partial charge in [0.05, 0.1) is 6.54 Å². The van der Waals surface area contributed by atoms with Crippen molar-refractivity contribution in [3.05, 3.63) is 35.4 Å². The van der Waals surface area contributed by atoms with Gasteiger partial charge in [0.25, 0.3) is 0 Å². The fraction of sp³-hybridized carbons (Fsp3) is 0.562. The lowest BCUT2D eigenvalue weighted by Gasteiger charge is -2.29. The summed E-state index contributed by atoms with van der Waals surface area (Å²) in [6.45, 7) is 9.39. The Kier molecular flexibility index (Phi) is 4.97. The number of aryl methyl sites for hydroxylation is 1. The third-order valence-electron chi connectivity index (χ3n) is 3.85. The minimum atomic E-state index is 0.0144. The molecule has 0 bridgehead atoms. The van der Waals surface area contributed by atoms with Crippen LogP contribution in [0.15, 0.2) is 29.3 Å². The largest absolute Gasteiger partial charge is 0.370 e. The van der Waals surface area contributed by atoms with E-state index in [9.17, 15) is 0 Å². The zero-order valence-electron chi connectivity index (χ0n) is 12.7. The summed E-state index contributed by atoms with van der Waals surface area (Å²) in [5.41, 5.74) is 8.83. The first-order chi connectivity index (χ1) is 9.50. The average Bonchev–Trinajstić information content (AvgIpc) is 2.46. The number of nitrogens with zero attached hydrogens (tertiary/aromatic N) is 2. The number of aliphatic imine (C=N–C) groups is 1. The molecule has 0 atom stereocenters. The summed E-state index contributed by atoms with van der Waals surface area (Å²) < 4.78 is 0. The molecule has 2 N–H and O–H groups in total. The molecule has 20 heavy (non-hydrogen) atoms. The van der Waals surface area contributed by atoms with Crippen molar-refractivity contribution >= 4 is 17.7 Å². The van der Waals surface area contributed by atoms with Crippen LogP contribution in [-0.4, -0.2) is 42.0 Å². The molecular weight excluding hydrogens is 266 g/mol. The van der Waals surface area contributed by atoms with Crippen molar-refractivity contribution in [1.29, 1.82) is 0 Å². The number of hydrogen-bond acceptors (Lipinski definition) is 2. The van der Waals surface area contributed by atoms with Crippen LogP contribution in [0.1, 0.15) is 25.0 Å². The third-order valence-corrected chi connectivity index (χ3v) is 4.79. The molecule has 3 nitrogen and oxygen atoms in total. The Morgan fingerprint density at radius 3 is 2.60 bits per heavy atom. The summed E-state index contributed by atoms with van der Waals surface area (Å²) in [5, 5.41) is 0. The van der Waals surface area contributed by atoms with Gasteiger partial charge >= 0.3 is 0 Å². The number of hydrogen-bond donors (Lipinski definition) is 1. The van der Waals surface area contributed by atoms with E-state index in [1.807, 2.05) is 11.8 Å². The molecule has 2 rings (SSSR count). The van der Waals surface area contributed by atoms with Gasteiger partial charge in [0.1, 0.15) is 0 Å². The summed E-state index contributed by atoms with van der Waals surface area (Å²) in [6, 6.07) is 8.53. The smallest absolute Gasteiger partial charge is 0.191 e. The molecule has 1 saturated heterocycles. The predicted octanol–water partition coefficient (Wildman–Crippen LogP) is 2.64. The van der Waals surface area contributed by atoms with E-state index < -0.39 is 0 Å². The molecule has 0 aromatic heterocycles. The minimum Gasteiger partial charge on any atom is -0.370 e. The van der Waals surface area contributed by atoms with Gasteiger partial charge in [-0.05, 0) is 18.1 Å². The van der Waals surface area contributed by atoms with E-state index >= 15 is 0 Å². The molecule has 0 amide bonds. The summed E-state index contributed by atoms with van der Waals surface area (Å²) in [7, 11) is 0. The Balaban J connectivity index is 2.06. The van der Waals surface area contributed by atoms with E-state index in [4.69, 9.17) is 5.73 Å². The van der Waals surface area contributed by atoms with Gasteiger partial charge in [0.2, 0.25) is 0 Å². The summed E-state index contributed by atoms with van der Waals surface area (Å²) in [5.74, 6) is 3.00. The maximum Gasteiger partial charge on any atom is 0.191 e.